The molecule has 14 heteroatoms. The molecule has 0 saturated carbocycles. The largest absolute Gasteiger partial charge is 0.859 e. The Hall–Kier alpha value is -9.27. The third-order valence-electron chi connectivity index (χ3n) is 13.9. The highest BCUT2D eigenvalue weighted by Gasteiger charge is 2.26. The Balaban J connectivity index is 1.36. The molecule has 5 heterocycles. The van der Waals surface area contributed by atoms with Gasteiger partial charge in [-0.15, -0.1) is 0 Å². The monoisotopic (exact) mass is 1110 g/mol. The van der Waals surface area contributed by atoms with Gasteiger partial charge in [-0.1, -0.05) is 153 Å². The lowest BCUT2D eigenvalue weighted by Crippen LogP contribution is -2.25. The molecule has 82 heavy (non-hydrogen) atoms. The predicted octanol–water partition coefficient (Wildman–Crippen LogP) is 17.1. The van der Waals surface area contributed by atoms with Crippen LogP contribution in [0.2, 0.25) is 0 Å². The number of aromatic nitrogens is 4. The van der Waals surface area contributed by atoms with Crippen molar-refractivity contribution in [2.24, 2.45) is 36.2 Å². The van der Waals surface area contributed by atoms with Gasteiger partial charge in [0.2, 0.25) is 0 Å². The highest BCUT2D eigenvalue weighted by molar-refractivity contribution is 7.79. The van der Waals surface area contributed by atoms with Crippen LogP contribution >= 0.6 is 12.6 Å². The molecule has 0 amide bonds. The Morgan fingerprint density at radius 3 is 1.05 bits per heavy atom. The molecule has 0 saturated heterocycles. The van der Waals surface area contributed by atoms with E-state index in [4.69, 9.17) is 29.7 Å². The number of aliphatic imine (C=N–C) groups is 4. The van der Waals surface area contributed by atoms with Crippen LogP contribution in [-0.2, 0) is 5.75 Å². The smallest absolute Gasteiger partial charge is 0.191 e. The molecule has 2 aliphatic rings. The molecular weight excluding hydrogens is 1040 g/mol. The maximum absolute atomic E-state index is 14.0. The van der Waals surface area contributed by atoms with Gasteiger partial charge in [0.25, 0.3) is 0 Å². The van der Waals surface area contributed by atoms with Gasteiger partial charge in [-0.3, -0.25) is 4.99 Å². The Morgan fingerprint density at radius 2 is 0.732 bits per heavy atom. The lowest BCUT2D eigenvalue weighted by molar-refractivity contribution is -0.220. The summed E-state index contributed by atoms with van der Waals surface area (Å²) in [6.07, 6.45) is 7.84. The highest BCUT2D eigenvalue weighted by Crippen LogP contribution is 2.45. The molecule has 5 N–H and O–H groups in total. The number of aliphatic hydroxyl groups is 3. The SMILES string of the molecule is CC(C)(C)C(O)=Nc1ccccc1-c1c2nc(c(-c3ccccc3N=C(O)C(C)(C)C)c3ccc([nH]3)c(-c3ccccc3N=C(O)C(C)(C)C)c3nc(c(-c4ccccc4N=C([O-])COc4ccccc4CS)c4ccc1[nH]4)C=C3)C=C2. The van der Waals surface area contributed by atoms with Crippen LogP contribution in [0.1, 0.15) is 90.7 Å². The normalized spacial score (nSPS) is 13.5. The van der Waals surface area contributed by atoms with Crippen LogP contribution in [0.25, 0.3) is 90.9 Å². The second-order valence-electron chi connectivity index (χ2n) is 23.2. The minimum absolute atomic E-state index is 0.0329. The van der Waals surface area contributed by atoms with Crippen molar-refractivity contribution in [1.82, 2.24) is 19.9 Å². The predicted molar refractivity (Wildman–Crippen MR) is 340 cm³/mol. The summed E-state index contributed by atoms with van der Waals surface area (Å²) >= 11 is 4.46. The first-order valence-corrected chi connectivity index (χ1v) is 27.7. The molecule has 10 rings (SSSR count). The van der Waals surface area contributed by atoms with E-state index < -0.39 is 22.1 Å². The van der Waals surface area contributed by atoms with Crippen molar-refractivity contribution in [3.63, 3.8) is 0 Å². The molecule has 0 fully saturated rings. The second kappa shape index (κ2) is 22.7. The van der Waals surface area contributed by atoms with Crippen LogP contribution in [0.15, 0.2) is 166 Å². The number of fused-ring (bicyclic) bond motifs is 8. The number of hydrogen-bond donors (Lipinski definition) is 6. The number of para-hydroxylation sites is 5. The number of thiol groups is 1. The maximum Gasteiger partial charge on any atom is 0.191 e. The van der Waals surface area contributed by atoms with Gasteiger partial charge in [0.05, 0.1) is 45.5 Å². The molecule has 0 spiro atoms. The van der Waals surface area contributed by atoms with E-state index in [1.165, 1.54) is 0 Å². The van der Waals surface area contributed by atoms with Gasteiger partial charge in [-0.05, 0) is 78.9 Å². The number of rotatable bonds is 12. The molecule has 13 nitrogen and oxygen atoms in total. The molecule has 0 radical (unpaired) electrons. The molecule has 0 atom stereocenters. The average Bonchev–Trinajstić information content (AvgIpc) is 3.88. The van der Waals surface area contributed by atoms with Gasteiger partial charge < -0.3 is 35.1 Å². The summed E-state index contributed by atoms with van der Waals surface area (Å²) < 4.78 is 6.03. The third-order valence-corrected chi connectivity index (χ3v) is 14.2. The molecule has 0 unspecified atom stereocenters. The summed E-state index contributed by atoms with van der Waals surface area (Å²) in [6.45, 7) is 16.8. The number of nitrogens with one attached hydrogen (secondary N) is 2. The van der Waals surface area contributed by atoms with Crippen molar-refractivity contribution < 1.29 is 25.2 Å². The molecular formula is C68H65N8O5S-. The van der Waals surface area contributed by atoms with Crippen molar-refractivity contribution in [2.45, 2.75) is 68.1 Å². The van der Waals surface area contributed by atoms with Crippen molar-refractivity contribution in [3.05, 3.63) is 174 Å². The third kappa shape index (κ3) is 11.8. The van der Waals surface area contributed by atoms with Crippen molar-refractivity contribution in [1.29, 1.82) is 0 Å². The van der Waals surface area contributed by atoms with Crippen LogP contribution < -0.4 is 9.84 Å². The fourth-order valence-corrected chi connectivity index (χ4v) is 9.66. The fourth-order valence-electron chi connectivity index (χ4n) is 9.40. The zero-order valence-electron chi connectivity index (χ0n) is 47.4. The Morgan fingerprint density at radius 1 is 0.439 bits per heavy atom. The Bertz CT molecular complexity index is 4090. The van der Waals surface area contributed by atoms with E-state index in [0.29, 0.717) is 124 Å². The standard InChI is InChI=1S/C68H66N8O5S/c1-66(2,3)63(78)74-46-26-16-12-22-42(46)60-51-32-30-49(69-51)59(41-21-11-15-25-45(41)73-58(77)38-81-57-29-19-10-20-40(57)39-82)50-31-33-52(70-50)61(43-23-13-17-27-47(43)75-64(79)67(4,5)6)54-35-37-56(72-54)62(55-36-34-53(60)71-55)44-24-14-18-28-48(44)76-65(80)68(7,8)9/h10-37,69,72,82H,38-39H2,1-9H3,(H,73,77)(H,74,78)(H,75,79)(H,76,80)/p-1. The number of hydrogen-bond acceptors (Lipinski definition) is 9. The first-order chi connectivity index (χ1) is 39.2. The van der Waals surface area contributed by atoms with E-state index in [9.17, 15) is 20.4 Å². The second-order valence-corrected chi connectivity index (χ2v) is 23.5. The van der Waals surface area contributed by atoms with Crippen molar-refractivity contribution >= 4 is 105 Å². The summed E-state index contributed by atoms with van der Waals surface area (Å²) in [5.74, 6) is 0.387. The van der Waals surface area contributed by atoms with Crippen molar-refractivity contribution in [2.75, 3.05) is 6.61 Å². The molecule has 2 aliphatic heterocycles. The van der Waals surface area contributed by atoms with E-state index >= 15 is 0 Å². The maximum atomic E-state index is 14.0. The van der Waals surface area contributed by atoms with Gasteiger partial charge in [0, 0.05) is 100 Å². The first-order valence-electron chi connectivity index (χ1n) is 27.1. The zero-order chi connectivity index (χ0) is 58.1. The summed E-state index contributed by atoms with van der Waals surface area (Å²) in [5.41, 5.74) is 11.2. The number of benzene rings is 5. The number of aromatic amines is 2. The number of ether oxygens (including phenoxy) is 1. The van der Waals surface area contributed by atoms with Gasteiger partial charge in [-0.25, -0.2) is 24.9 Å². The van der Waals surface area contributed by atoms with Gasteiger partial charge >= 0.3 is 0 Å². The topological polar surface area (TPSA) is 200 Å². The van der Waals surface area contributed by atoms with Gasteiger partial charge in [0.1, 0.15) is 12.4 Å². The number of aliphatic hydroxyl groups excluding tert-OH is 3. The van der Waals surface area contributed by atoms with Gasteiger partial charge in [0.15, 0.2) is 17.7 Å². The summed E-state index contributed by atoms with van der Waals surface area (Å²) in [5, 5.41) is 48.3. The van der Waals surface area contributed by atoms with Crippen LogP contribution in [0.4, 0.5) is 22.7 Å². The Kier molecular flexibility index (Phi) is 15.5. The molecule has 3 aromatic heterocycles. The van der Waals surface area contributed by atoms with E-state index in [1.54, 1.807) is 6.07 Å². The minimum Gasteiger partial charge on any atom is -0.859 e. The quantitative estimate of drug-likeness (QED) is 0.0397. The summed E-state index contributed by atoms with van der Waals surface area (Å²) in [4.78, 5) is 37.8. The first kappa shape index (κ1) is 56.0. The Labute approximate surface area is 483 Å². The summed E-state index contributed by atoms with van der Waals surface area (Å²) in [6, 6.07) is 45.8. The summed E-state index contributed by atoms with van der Waals surface area (Å²) in [7, 11) is 0. The molecule has 8 bridgehead atoms. The van der Waals surface area contributed by atoms with Crippen LogP contribution in [0.3, 0.4) is 0 Å². The number of nitrogens with zero attached hydrogens (tertiary/aromatic N) is 6. The van der Waals surface area contributed by atoms with Crippen molar-refractivity contribution in [3.8, 4) is 50.3 Å². The molecule has 414 valence electrons. The molecule has 0 aliphatic carbocycles. The van der Waals surface area contributed by atoms with E-state index in [1.807, 2.05) is 226 Å². The van der Waals surface area contributed by atoms with E-state index in [2.05, 4.69) is 27.6 Å². The molecule has 5 aromatic carbocycles. The van der Waals surface area contributed by atoms with E-state index in [0.717, 1.165) is 5.56 Å². The lowest BCUT2D eigenvalue weighted by Gasteiger charge is -2.17. The zero-order valence-corrected chi connectivity index (χ0v) is 48.3. The average molecular weight is 1110 g/mol. The van der Waals surface area contributed by atoms with E-state index in [-0.39, 0.29) is 24.3 Å². The number of H-pyrrole nitrogens is 2. The minimum atomic E-state index is -0.654. The van der Waals surface area contributed by atoms with Gasteiger partial charge in [-0.2, -0.15) is 12.6 Å². The van der Waals surface area contributed by atoms with Crippen LogP contribution in [0, 0.1) is 16.2 Å². The van der Waals surface area contributed by atoms with Crippen LogP contribution in [-0.4, -0.2) is 65.5 Å². The fraction of sp³-hybridized carbons (Fsp3) is 0.206. The molecule has 8 aromatic rings. The van der Waals surface area contributed by atoms with Crippen LogP contribution in [0.5, 0.6) is 5.75 Å². The lowest BCUT2D eigenvalue weighted by atomic mass is 9.96. The highest BCUT2D eigenvalue weighted by atomic mass is 32.1.